The highest BCUT2D eigenvalue weighted by Crippen LogP contribution is 2.06. The molecular weight excluding hydrogens is 164 g/mol. The van der Waals surface area contributed by atoms with E-state index in [1.807, 2.05) is 6.07 Å². The lowest BCUT2D eigenvalue weighted by Crippen LogP contribution is -2.02. The van der Waals surface area contributed by atoms with Gasteiger partial charge in [0.2, 0.25) is 0 Å². The minimum atomic E-state index is -0.214. The quantitative estimate of drug-likeness (QED) is 0.712. The summed E-state index contributed by atoms with van der Waals surface area (Å²) in [6, 6.07) is 3.58. The van der Waals surface area contributed by atoms with E-state index >= 15 is 0 Å². The Kier molecular flexibility index (Phi) is 3.74. The molecule has 0 fully saturated rings. The maximum atomic E-state index is 11.1. The fourth-order valence-corrected chi connectivity index (χ4v) is 1.39. The molecule has 2 heteroatoms. The lowest BCUT2D eigenvalue weighted by atomic mass is 10.1. The van der Waals surface area contributed by atoms with E-state index in [1.165, 1.54) is 0 Å². The van der Waals surface area contributed by atoms with Crippen molar-refractivity contribution in [2.75, 3.05) is 0 Å². The average molecular weight is 180 g/mol. The van der Waals surface area contributed by atoms with Crippen LogP contribution >= 0.6 is 0 Å². The molecule has 13 heavy (non-hydrogen) atoms. The molecule has 0 amide bonds. The molecule has 1 heterocycles. The standard InChI is InChI=1S/C11H16O2/c1-3-5-9-7-10(6-4-2)13-11(12)8-9/h7-8H,3-6H2,1-2H3. The lowest BCUT2D eigenvalue weighted by molar-refractivity contribution is 0.454. The number of rotatable bonds is 4. The van der Waals surface area contributed by atoms with Gasteiger partial charge >= 0.3 is 5.63 Å². The van der Waals surface area contributed by atoms with Crippen LogP contribution in [0.15, 0.2) is 21.3 Å². The summed E-state index contributed by atoms with van der Waals surface area (Å²) in [4.78, 5) is 11.1. The lowest BCUT2D eigenvalue weighted by Gasteiger charge is -2.00. The van der Waals surface area contributed by atoms with Crippen molar-refractivity contribution in [3.05, 3.63) is 33.9 Å². The SMILES string of the molecule is CCCc1cc(CCC)oc(=O)c1. The van der Waals surface area contributed by atoms with Crippen LogP contribution in [0.3, 0.4) is 0 Å². The molecule has 1 rings (SSSR count). The maximum absolute atomic E-state index is 11.1. The molecule has 72 valence electrons. The van der Waals surface area contributed by atoms with Crippen molar-refractivity contribution in [3.63, 3.8) is 0 Å². The minimum Gasteiger partial charge on any atom is -0.428 e. The van der Waals surface area contributed by atoms with Crippen LogP contribution < -0.4 is 5.63 Å². The monoisotopic (exact) mass is 180 g/mol. The van der Waals surface area contributed by atoms with E-state index in [9.17, 15) is 4.79 Å². The molecule has 0 aliphatic carbocycles. The van der Waals surface area contributed by atoms with Crippen molar-refractivity contribution in [1.29, 1.82) is 0 Å². The van der Waals surface area contributed by atoms with E-state index in [1.54, 1.807) is 6.07 Å². The second kappa shape index (κ2) is 4.85. The molecule has 0 N–H and O–H groups in total. The van der Waals surface area contributed by atoms with Crippen LogP contribution in [0.2, 0.25) is 0 Å². The van der Waals surface area contributed by atoms with E-state index in [-0.39, 0.29) is 5.63 Å². The van der Waals surface area contributed by atoms with Crippen molar-refractivity contribution in [2.45, 2.75) is 39.5 Å². The molecule has 0 aliphatic heterocycles. The van der Waals surface area contributed by atoms with Crippen molar-refractivity contribution < 1.29 is 4.42 Å². The molecule has 1 aromatic heterocycles. The summed E-state index contributed by atoms with van der Waals surface area (Å²) in [6.07, 6.45) is 3.89. The van der Waals surface area contributed by atoms with Crippen molar-refractivity contribution in [3.8, 4) is 0 Å². The highest BCUT2D eigenvalue weighted by Gasteiger charge is 1.99. The van der Waals surface area contributed by atoms with Gasteiger partial charge in [0.1, 0.15) is 5.76 Å². The first-order chi connectivity index (χ1) is 6.26. The van der Waals surface area contributed by atoms with E-state index in [2.05, 4.69) is 13.8 Å². The Labute approximate surface area is 78.6 Å². The minimum absolute atomic E-state index is 0.214. The van der Waals surface area contributed by atoms with Crippen molar-refractivity contribution in [2.24, 2.45) is 0 Å². The topological polar surface area (TPSA) is 30.2 Å². The molecular formula is C11H16O2. The largest absolute Gasteiger partial charge is 0.428 e. The molecule has 0 bridgehead atoms. The summed E-state index contributed by atoms with van der Waals surface area (Å²) < 4.78 is 5.05. The van der Waals surface area contributed by atoms with Gasteiger partial charge in [0, 0.05) is 12.5 Å². The molecule has 0 unspecified atom stereocenters. The first-order valence-corrected chi connectivity index (χ1v) is 4.89. The maximum Gasteiger partial charge on any atom is 0.336 e. The van der Waals surface area contributed by atoms with Crippen LogP contribution in [-0.4, -0.2) is 0 Å². The van der Waals surface area contributed by atoms with E-state index in [4.69, 9.17) is 4.42 Å². The smallest absolute Gasteiger partial charge is 0.336 e. The predicted octanol–water partition coefficient (Wildman–Crippen LogP) is 2.54. The van der Waals surface area contributed by atoms with Gasteiger partial charge in [0.15, 0.2) is 0 Å². The molecule has 0 aromatic carbocycles. The zero-order chi connectivity index (χ0) is 9.68. The van der Waals surface area contributed by atoms with Crippen LogP contribution in [0.4, 0.5) is 0 Å². The van der Waals surface area contributed by atoms with Crippen LogP contribution in [0.5, 0.6) is 0 Å². The van der Waals surface area contributed by atoms with Gasteiger partial charge in [-0.2, -0.15) is 0 Å². The number of aryl methyl sites for hydroxylation is 2. The highest BCUT2D eigenvalue weighted by molar-refractivity contribution is 5.14. The summed E-state index contributed by atoms with van der Waals surface area (Å²) in [5, 5.41) is 0. The van der Waals surface area contributed by atoms with Gasteiger partial charge in [-0.05, 0) is 24.5 Å². The van der Waals surface area contributed by atoms with Crippen LogP contribution in [-0.2, 0) is 12.8 Å². The summed E-state index contributed by atoms with van der Waals surface area (Å²) in [6.45, 7) is 4.18. The molecule has 0 saturated heterocycles. The van der Waals surface area contributed by atoms with Gasteiger partial charge in [-0.15, -0.1) is 0 Å². The van der Waals surface area contributed by atoms with Gasteiger partial charge < -0.3 is 4.42 Å². The Hall–Kier alpha value is -1.05. The zero-order valence-electron chi connectivity index (χ0n) is 8.30. The third kappa shape index (κ3) is 3.05. The fourth-order valence-electron chi connectivity index (χ4n) is 1.39. The highest BCUT2D eigenvalue weighted by atomic mass is 16.4. The third-order valence-electron chi connectivity index (χ3n) is 1.92. The van der Waals surface area contributed by atoms with Gasteiger partial charge in [0.05, 0.1) is 0 Å². The molecule has 0 spiro atoms. The van der Waals surface area contributed by atoms with Gasteiger partial charge in [-0.25, -0.2) is 4.79 Å². The Morgan fingerprint density at radius 1 is 1.15 bits per heavy atom. The van der Waals surface area contributed by atoms with Crippen LogP contribution in [0.25, 0.3) is 0 Å². The molecule has 0 radical (unpaired) electrons. The summed E-state index contributed by atoms with van der Waals surface area (Å²) >= 11 is 0. The fraction of sp³-hybridized carbons (Fsp3) is 0.545. The van der Waals surface area contributed by atoms with Gasteiger partial charge in [0.25, 0.3) is 0 Å². The van der Waals surface area contributed by atoms with E-state index in [0.717, 1.165) is 37.0 Å². The van der Waals surface area contributed by atoms with Crippen LogP contribution in [0.1, 0.15) is 38.0 Å². The van der Waals surface area contributed by atoms with Gasteiger partial charge in [-0.1, -0.05) is 20.3 Å². The Morgan fingerprint density at radius 2 is 1.85 bits per heavy atom. The molecule has 1 aromatic rings. The summed E-state index contributed by atoms with van der Waals surface area (Å²) in [5.74, 6) is 0.818. The molecule has 0 saturated carbocycles. The van der Waals surface area contributed by atoms with Gasteiger partial charge in [-0.3, -0.25) is 0 Å². The first kappa shape index (κ1) is 10.0. The predicted molar refractivity (Wildman–Crippen MR) is 53.0 cm³/mol. The molecule has 0 aliphatic rings. The number of hydrogen-bond donors (Lipinski definition) is 0. The zero-order valence-corrected chi connectivity index (χ0v) is 8.30. The Bertz CT molecular complexity index is 285. The normalized spacial score (nSPS) is 10.3. The second-order valence-electron chi connectivity index (χ2n) is 3.25. The Morgan fingerprint density at radius 3 is 2.46 bits per heavy atom. The first-order valence-electron chi connectivity index (χ1n) is 4.89. The summed E-state index contributed by atoms with van der Waals surface area (Å²) in [7, 11) is 0. The third-order valence-corrected chi connectivity index (χ3v) is 1.92. The van der Waals surface area contributed by atoms with Crippen LogP contribution in [0, 0.1) is 0 Å². The van der Waals surface area contributed by atoms with E-state index < -0.39 is 0 Å². The molecule has 2 nitrogen and oxygen atoms in total. The second-order valence-corrected chi connectivity index (χ2v) is 3.25. The number of hydrogen-bond acceptors (Lipinski definition) is 2. The van der Waals surface area contributed by atoms with Crippen molar-refractivity contribution >= 4 is 0 Å². The van der Waals surface area contributed by atoms with E-state index in [0.29, 0.717) is 0 Å². The molecule has 0 atom stereocenters. The average Bonchev–Trinajstić information content (AvgIpc) is 2.04. The Balaban J connectivity index is 2.90. The summed E-state index contributed by atoms with van der Waals surface area (Å²) in [5.41, 5.74) is 0.886. The van der Waals surface area contributed by atoms with Crippen molar-refractivity contribution in [1.82, 2.24) is 0 Å².